The van der Waals surface area contributed by atoms with Crippen molar-refractivity contribution >= 4 is 5.91 Å². The molecule has 9 heteroatoms. The van der Waals surface area contributed by atoms with Gasteiger partial charge in [0.05, 0.1) is 18.3 Å². The van der Waals surface area contributed by atoms with Gasteiger partial charge in [-0.15, -0.1) is 5.10 Å². The number of carbonyl (C=O) groups excluding carboxylic acids is 1. The second kappa shape index (κ2) is 7.68. The number of ether oxygens (including phenoxy) is 1. The second-order valence-corrected chi connectivity index (χ2v) is 6.15. The summed E-state index contributed by atoms with van der Waals surface area (Å²) in [7, 11) is 1.42. The molecule has 1 fully saturated rings. The van der Waals surface area contributed by atoms with Crippen LogP contribution in [0.25, 0.3) is 11.3 Å². The normalized spacial score (nSPS) is 25.9. The number of nitrogens with one attached hydrogen (secondary N) is 1. The summed E-state index contributed by atoms with van der Waals surface area (Å²) in [6, 6.07) is 3.19. The topological polar surface area (TPSA) is 122 Å². The molecule has 4 unspecified atom stereocenters. The Bertz CT molecular complexity index is 708. The third-order valence-electron chi connectivity index (χ3n) is 4.34. The Labute approximate surface area is 144 Å². The molecule has 1 amide bonds. The number of hydrogen-bond donors (Lipinski definition) is 3. The predicted octanol–water partition coefficient (Wildman–Crippen LogP) is -0.787. The van der Waals surface area contributed by atoms with Crippen LogP contribution in [0.3, 0.4) is 0 Å². The minimum atomic E-state index is -1.02. The standard InChI is InChI=1S/C16H21N5O4/c1-25-9-14(22)18-12-5-11(15(23)16(12)24)7-21-8-13(19-20-21)10-3-2-4-17-6-10/h2-4,6,8,11-12,15-16,23-24H,5,7,9H2,1H3,(H,18,22). The molecule has 2 aromatic rings. The molecule has 0 aliphatic heterocycles. The van der Waals surface area contributed by atoms with E-state index in [4.69, 9.17) is 4.74 Å². The molecule has 0 spiro atoms. The van der Waals surface area contributed by atoms with Gasteiger partial charge in [0.15, 0.2) is 0 Å². The number of pyridine rings is 1. The first-order valence-corrected chi connectivity index (χ1v) is 8.03. The van der Waals surface area contributed by atoms with Crippen LogP contribution in [0.4, 0.5) is 0 Å². The van der Waals surface area contributed by atoms with Crippen LogP contribution < -0.4 is 5.32 Å². The molecule has 0 radical (unpaired) electrons. The van der Waals surface area contributed by atoms with Crippen LogP contribution in [-0.4, -0.2) is 68.1 Å². The van der Waals surface area contributed by atoms with Crippen LogP contribution >= 0.6 is 0 Å². The monoisotopic (exact) mass is 347 g/mol. The number of methoxy groups -OCH3 is 1. The lowest BCUT2D eigenvalue weighted by Crippen LogP contribution is -2.44. The average molecular weight is 347 g/mol. The van der Waals surface area contributed by atoms with Gasteiger partial charge in [0.25, 0.3) is 0 Å². The van der Waals surface area contributed by atoms with Crippen molar-refractivity contribution in [1.29, 1.82) is 0 Å². The lowest BCUT2D eigenvalue weighted by Gasteiger charge is -2.17. The predicted molar refractivity (Wildman–Crippen MR) is 87.2 cm³/mol. The Morgan fingerprint density at radius 2 is 2.28 bits per heavy atom. The van der Waals surface area contributed by atoms with Gasteiger partial charge >= 0.3 is 0 Å². The van der Waals surface area contributed by atoms with Crippen molar-refractivity contribution in [2.45, 2.75) is 31.2 Å². The first-order valence-electron chi connectivity index (χ1n) is 8.03. The number of amides is 1. The van der Waals surface area contributed by atoms with Gasteiger partial charge in [0, 0.05) is 37.5 Å². The van der Waals surface area contributed by atoms with Crippen LogP contribution in [0.2, 0.25) is 0 Å². The van der Waals surface area contributed by atoms with Crippen LogP contribution in [-0.2, 0) is 16.1 Å². The highest BCUT2D eigenvalue weighted by atomic mass is 16.5. The zero-order valence-electron chi connectivity index (χ0n) is 13.8. The first kappa shape index (κ1) is 17.5. The van der Waals surface area contributed by atoms with Crippen molar-refractivity contribution in [2.75, 3.05) is 13.7 Å². The number of rotatable bonds is 6. The lowest BCUT2D eigenvalue weighted by atomic mass is 10.1. The molecule has 3 rings (SSSR count). The van der Waals surface area contributed by atoms with Gasteiger partial charge in [-0.3, -0.25) is 14.5 Å². The summed E-state index contributed by atoms with van der Waals surface area (Å²) in [5.74, 6) is -0.565. The molecular weight excluding hydrogens is 326 g/mol. The van der Waals surface area contributed by atoms with E-state index in [1.165, 1.54) is 7.11 Å². The summed E-state index contributed by atoms with van der Waals surface area (Å²) < 4.78 is 6.39. The van der Waals surface area contributed by atoms with Gasteiger partial charge < -0.3 is 20.3 Å². The van der Waals surface area contributed by atoms with Crippen molar-refractivity contribution in [1.82, 2.24) is 25.3 Å². The van der Waals surface area contributed by atoms with Crippen molar-refractivity contribution in [2.24, 2.45) is 5.92 Å². The molecule has 3 N–H and O–H groups in total. The molecule has 9 nitrogen and oxygen atoms in total. The van der Waals surface area contributed by atoms with E-state index in [0.29, 0.717) is 18.7 Å². The third-order valence-corrected chi connectivity index (χ3v) is 4.34. The van der Waals surface area contributed by atoms with E-state index in [0.717, 1.165) is 5.56 Å². The van der Waals surface area contributed by atoms with Gasteiger partial charge in [-0.1, -0.05) is 5.21 Å². The van der Waals surface area contributed by atoms with Crippen LogP contribution in [0, 0.1) is 5.92 Å². The fourth-order valence-electron chi connectivity index (χ4n) is 3.10. The van der Waals surface area contributed by atoms with Crippen molar-refractivity contribution in [3.8, 4) is 11.3 Å². The van der Waals surface area contributed by atoms with E-state index in [1.54, 1.807) is 23.3 Å². The SMILES string of the molecule is COCC(=O)NC1CC(Cn2cc(-c3cccnc3)nn2)C(O)C1O. The number of aromatic nitrogens is 4. The highest BCUT2D eigenvalue weighted by Crippen LogP contribution is 2.28. The molecule has 25 heavy (non-hydrogen) atoms. The quantitative estimate of drug-likeness (QED) is 0.626. The summed E-state index contributed by atoms with van der Waals surface area (Å²) >= 11 is 0. The minimum Gasteiger partial charge on any atom is -0.390 e. The molecule has 1 saturated carbocycles. The van der Waals surface area contributed by atoms with Gasteiger partial charge in [0.2, 0.25) is 5.91 Å². The molecular formula is C16H21N5O4. The Hall–Kier alpha value is -2.36. The Morgan fingerprint density at radius 1 is 1.44 bits per heavy atom. The summed E-state index contributed by atoms with van der Waals surface area (Å²) in [5, 5.41) is 31.3. The van der Waals surface area contributed by atoms with Crippen LogP contribution in [0.5, 0.6) is 0 Å². The van der Waals surface area contributed by atoms with Crippen LogP contribution in [0.15, 0.2) is 30.7 Å². The maximum atomic E-state index is 11.6. The van der Waals surface area contributed by atoms with E-state index in [2.05, 4.69) is 20.6 Å². The second-order valence-electron chi connectivity index (χ2n) is 6.15. The molecule has 1 aliphatic rings. The summed E-state index contributed by atoms with van der Waals surface area (Å²) in [5.41, 5.74) is 1.54. The number of hydrogen-bond acceptors (Lipinski definition) is 7. The maximum absolute atomic E-state index is 11.6. The zero-order valence-corrected chi connectivity index (χ0v) is 13.8. The lowest BCUT2D eigenvalue weighted by molar-refractivity contribution is -0.126. The average Bonchev–Trinajstić information content (AvgIpc) is 3.17. The van der Waals surface area contributed by atoms with Crippen LogP contribution in [0.1, 0.15) is 6.42 Å². The largest absolute Gasteiger partial charge is 0.390 e. The number of carbonyl (C=O) groups is 1. The smallest absolute Gasteiger partial charge is 0.246 e. The first-order chi connectivity index (χ1) is 12.1. The summed E-state index contributed by atoms with van der Waals surface area (Å²) in [4.78, 5) is 15.7. The molecule has 2 heterocycles. The molecule has 134 valence electrons. The zero-order chi connectivity index (χ0) is 17.8. The molecule has 4 atom stereocenters. The third kappa shape index (κ3) is 4.01. The van der Waals surface area contributed by atoms with Crippen molar-refractivity contribution < 1.29 is 19.7 Å². The van der Waals surface area contributed by atoms with Gasteiger partial charge in [0.1, 0.15) is 18.4 Å². The Balaban J connectivity index is 1.63. The van der Waals surface area contributed by atoms with Crippen molar-refractivity contribution in [3.63, 3.8) is 0 Å². The highest BCUT2D eigenvalue weighted by molar-refractivity contribution is 5.77. The summed E-state index contributed by atoms with van der Waals surface area (Å²) in [6.07, 6.45) is 3.63. The van der Waals surface area contributed by atoms with Gasteiger partial charge in [-0.05, 0) is 18.6 Å². The highest BCUT2D eigenvalue weighted by Gasteiger charge is 2.42. The molecule has 0 saturated heterocycles. The van der Waals surface area contributed by atoms with E-state index >= 15 is 0 Å². The minimum absolute atomic E-state index is 0.0818. The van der Waals surface area contributed by atoms with E-state index in [-0.39, 0.29) is 18.4 Å². The Morgan fingerprint density at radius 3 is 3.00 bits per heavy atom. The Kier molecular flexibility index (Phi) is 5.37. The van der Waals surface area contributed by atoms with E-state index < -0.39 is 18.2 Å². The number of nitrogens with zero attached hydrogens (tertiary/aromatic N) is 4. The number of aliphatic hydroxyl groups is 2. The van der Waals surface area contributed by atoms with Crippen molar-refractivity contribution in [3.05, 3.63) is 30.7 Å². The molecule has 2 aromatic heterocycles. The van der Waals surface area contributed by atoms with E-state index in [1.807, 2.05) is 12.1 Å². The van der Waals surface area contributed by atoms with E-state index in [9.17, 15) is 15.0 Å². The number of aliphatic hydroxyl groups excluding tert-OH is 2. The fourth-order valence-corrected chi connectivity index (χ4v) is 3.10. The van der Waals surface area contributed by atoms with Gasteiger partial charge in [-0.25, -0.2) is 0 Å². The molecule has 0 aromatic carbocycles. The summed E-state index contributed by atoms with van der Waals surface area (Å²) in [6.45, 7) is 0.309. The fraction of sp³-hybridized carbons (Fsp3) is 0.500. The van der Waals surface area contributed by atoms with Gasteiger partial charge in [-0.2, -0.15) is 0 Å². The maximum Gasteiger partial charge on any atom is 0.246 e. The molecule has 0 bridgehead atoms. The molecule has 1 aliphatic carbocycles.